The number of halogens is 1. The molecule has 0 aliphatic carbocycles. The number of anilines is 1. The summed E-state index contributed by atoms with van der Waals surface area (Å²) in [4.78, 5) is 21.2. The number of amides is 1. The average Bonchev–Trinajstić information content (AvgIpc) is 2.74. The minimum atomic E-state index is -0.281. The van der Waals surface area contributed by atoms with E-state index in [4.69, 9.17) is 4.74 Å². The van der Waals surface area contributed by atoms with Crippen LogP contribution < -0.4 is 15.4 Å². The Morgan fingerprint density at radius 1 is 1.11 bits per heavy atom. The van der Waals surface area contributed by atoms with Gasteiger partial charge in [0.05, 0.1) is 13.7 Å². The molecule has 0 saturated heterocycles. The largest absolute Gasteiger partial charge is 0.497 e. The lowest BCUT2D eigenvalue weighted by Crippen LogP contribution is -2.36. The van der Waals surface area contributed by atoms with E-state index in [0.29, 0.717) is 23.8 Å². The number of nitrogens with zero attached hydrogens (tertiary/aromatic N) is 2. The molecule has 0 spiro atoms. The molecule has 0 saturated carbocycles. The van der Waals surface area contributed by atoms with E-state index in [0.717, 1.165) is 15.7 Å². The van der Waals surface area contributed by atoms with Gasteiger partial charge in [0.15, 0.2) is 0 Å². The van der Waals surface area contributed by atoms with Gasteiger partial charge in [-0.1, -0.05) is 22.0 Å². The molecular formula is C21H19BrN4O2. The summed E-state index contributed by atoms with van der Waals surface area (Å²) in [6.45, 7) is 0.403. The number of aromatic nitrogens is 1. The third kappa shape index (κ3) is 5.65. The van der Waals surface area contributed by atoms with Crippen molar-refractivity contribution >= 4 is 33.5 Å². The lowest BCUT2D eigenvalue weighted by Gasteiger charge is -2.12. The summed E-state index contributed by atoms with van der Waals surface area (Å²) < 4.78 is 6.15. The maximum atomic E-state index is 12.7. The van der Waals surface area contributed by atoms with Gasteiger partial charge in [-0.05, 0) is 60.2 Å². The lowest BCUT2D eigenvalue weighted by atomic mass is 10.2. The fourth-order valence-corrected chi connectivity index (χ4v) is 2.65. The molecule has 1 aromatic heterocycles. The van der Waals surface area contributed by atoms with E-state index in [1.807, 2.05) is 36.4 Å². The minimum Gasteiger partial charge on any atom is -0.497 e. The maximum absolute atomic E-state index is 12.7. The Labute approximate surface area is 171 Å². The van der Waals surface area contributed by atoms with E-state index >= 15 is 0 Å². The molecule has 0 atom stereocenters. The zero-order valence-electron chi connectivity index (χ0n) is 15.2. The predicted octanol–water partition coefficient (Wildman–Crippen LogP) is 4.25. The number of pyridine rings is 1. The highest BCUT2D eigenvalue weighted by molar-refractivity contribution is 9.10. The van der Waals surface area contributed by atoms with Crippen LogP contribution >= 0.6 is 15.9 Å². The molecule has 0 fully saturated rings. The standard InChI is InChI=1S/C21H19BrN4O2/c1-28-19-4-2-3-16(13-19)20(27)26-21(24-14-15-9-11-23-12-10-15)25-18-7-5-17(22)6-8-18/h2-13H,14H2,1H3,(H2,24,25,26,27). The number of ether oxygens (including phenoxy) is 1. The summed E-state index contributed by atoms with van der Waals surface area (Å²) in [6.07, 6.45) is 3.42. The van der Waals surface area contributed by atoms with Gasteiger partial charge in [-0.25, -0.2) is 4.99 Å². The van der Waals surface area contributed by atoms with Gasteiger partial charge in [0.2, 0.25) is 5.96 Å². The zero-order valence-corrected chi connectivity index (χ0v) is 16.8. The van der Waals surface area contributed by atoms with Crippen molar-refractivity contribution in [1.29, 1.82) is 0 Å². The summed E-state index contributed by atoms with van der Waals surface area (Å²) in [5.74, 6) is 0.688. The molecule has 2 aromatic carbocycles. The number of rotatable bonds is 5. The van der Waals surface area contributed by atoms with Gasteiger partial charge in [0.1, 0.15) is 5.75 Å². The first kappa shape index (κ1) is 19.6. The highest BCUT2D eigenvalue weighted by atomic mass is 79.9. The van der Waals surface area contributed by atoms with Crippen LogP contribution in [0.5, 0.6) is 5.75 Å². The molecule has 3 aromatic rings. The number of aliphatic imine (C=N–C) groups is 1. The van der Waals surface area contributed by atoms with Gasteiger partial charge < -0.3 is 10.1 Å². The third-order valence-corrected chi connectivity index (χ3v) is 4.37. The molecule has 2 N–H and O–H groups in total. The van der Waals surface area contributed by atoms with Gasteiger partial charge in [0, 0.05) is 28.1 Å². The number of hydrogen-bond acceptors (Lipinski definition) is 4. The SMILES string of the molecule is COc1cccc(C(=O)NC(=NCc2ccncc2)Nc2ccc(Br)cc2)c1. The van der Waals surface area contributed by atoms with Crippen LogP contribution in [-0.2, 0) is 6.54 Å². The summed E-state index contributed by atoms with van der Waals surface area (Å²) in [5.41, 5.74) is 2.27. The number of methoxy groups -OCH3 is 1. The van der Waals surface area contributed by atoms with Crippen LogP contribution in [0.4, 0.5) is 5.69 Å². The van der Waals surface area contributed by atoms with Gasteiger partial charge in [-0.15, -0.1) is 0 Å². The molecule has 3 rings (SSSR count). The molecule has 0 aliphatic rings. The van der Waals surface area contributed by atoms with Crippen LogP contribution in [0.15, 0.2) is 82.5 Å². The minimum absolute atomic E-state index is 0.281. The number of carbonyl (C=O) groups excluding carboxylic acids is 1. The van der Waals surface area contributed by atoms with Gasteiger partial charge in [-0.3, -0.25) is 15.1 Å². The quantitative estimate of drug-likeness (QED) is 0.461. The van der Waals surface area contributed by atoms with Crippen LogP contribution in [0.2, 0.25) is 0 Å². The topological polar surface area (TPSA) is 75.6 Å². The molecule has 0 unspecified atom stereocenters. The summed E-state index contributed by atoms with van der Waals surface area (Å²) in [6, 6.07) is 18.3. The van der Waals surface area contributed by atoms with Crippen LogP contribution in [0.25, 0.3) is 0 Å². The Bertz CT molecular complexity index is 960. The number of benzene rings is 2. The zero-order chi connectivity index (χ0) is 19.8. The second kappa shape index (κ2) is 9.66. The molecule has 142 valence electrons. The van der Waals surface area contributed by atoms with Gasteiger partial charge >= 0.3 is 0 Å². The monoisotopic (exact) mass is 438 g/mol. The van der Waals surface area contributed by atoms with Crippen molar-refractivity contribution in [3.8, 4) is 5.75 Å². The van der Waals surface area contributed by atoms with E-state index in [1.165, 1.54) is 0 Å². The van der Waals surface area contributed by atoms with E-state index < -0.39 is 0 Å². The molecule has 0 radical (unpaired) electrons. The van der Waals surface area contributed by atoms with Crippen molar-refractivity contribution in [3.05, 3.63) is 88.7 Å². The van der Waals surface area contributed by atoms with E-state index in [2.05, 4.69) is 36.5 Å². The fraction of sp³-hybridized carbons (Fsp3) is 0.0952. The van der Waals surface area contributed by atoms with Crippen molar-refractivity contribution in [3.63, 3.8) is 0 Å². The molecule has 7 heteroatoms. The molecule has 6 nitrogen and oxygen atoms in total. The maximum Gasteiger partial charge on any atom is 0.258 e. The smallest absolute Gasteiger partial charge is 0.258 e. The molecule has 0 aliphatic heterocycles. The first-order chi connectivity index (χ1) is 13.6. The van der Waals surface area contributed by atoms with Crippen LogP contribution in [0.3, 0.4) is 0 Å². The summed E-state index contributed by atoms with van der Waals surface area (Å²) in [7, 11) is 1.56. The van der Waals surface area contributed by atoms with Crippen molar-refractivity contribution in [2.45, 2.75) is 6.54 Å². The van der Waals surface area contributed by atoms with Crippen LogP contribution in [0.1, 0.15) is 15.9 Å². The summed E-state index contributed by atoms with van der Waals surface area (Å²) >= 11 is 3.41. The Morgan fingerprint density at radius 2 is 1.86 bits per heavy atom. The Hall–Kier alpha value is -3.19. The molecule has 1 heterocycles. The summed E-state index contributed by atoms with van der Waals surface area (Å²) in [5, 5.41) is 5.99. The molecule has 0 bridgehead atoms. The molecule has 28 heavy (non-hydrogen) atoms. The van der Waals surface area contributed by atoms with Crippen molar-refractivity contribution in [2.75, 3.05) is 12.4 Å². The Balaban J connectivity index is 1.79. The number of hydrogen-bond donors (Lipinski definition) is 2. The van der Waals surface area contributed by atoms with Crippen molar-refractivity contribution in [1.82, 2.24) is 10.3 Å². The van der Waals surface area contributed by atoms with Crippen molar-refractivity contribution in [2.24, 2.45) is 4.99 Å². The molecule has 1 amide bonds. The first-order valence-corrected chi connectivity index (χ1v) is 9.35. The Kier molecular flexibility index (Phi) is 6.75. The van der Waals surface area contributed by atoms with Crippen molar-refractivity contribution < 1.29 is 9.53 Å². The highest BCUT2D eigenvalue weighted by Gasteiger charge is 2.10. The van der Waals surface area contributed by atoms with E-state index in [9.17, 15) is 4.79 Å². The van der Waals surface area contributed by atoms with Crippen LogP contribution in [0, 0.1) is 0 Å². The first-order valence-electron chi connectivity index (χ1n) is 8.55. The molecular weight excluding hydrogens is 420 g/mol. The number of nitrogens with one attached hydrogen (secondary N) is 2. The second-order valence-electron chi connectivity index (χ2n) is 5.84. The van der Waals surface area contributed by atoms with E-state index in [1.54, 1.807) is 43.8 Å². The predicted molar refractivity (Wildman–Crippen MR) is 114 cm³/mol. The van der Waals surface area contributed by atoms with Gasteiger partial charge in [0.25, 0.3) is 5.91 Å². The third-order valence-electron chi connectivity index (χ3n) is 3.84. The Morgan fingerprint density at radius 3 is 2.57 bits per heavy atom. The lowest BCUT2D eigenvalue weighted by molar-refractivity contribution is 0.0976. The highest BCUT2D eigenvalue weighted by Crippen LogP contribution is 2.15. The van der Waals surface area contributed by atoms with Crippen LogP contribution in [-0.4, -0.2) is 24.0 Å². The number of guanidine groups is 1. The van der Waals surface area contributed by atoms with E-state index in [-0.39, 0.29) is 5.91 Å². The van der Waals surface area contributed by atoms with Gasteiger partial charge in [-0.2, -0.15) is 0 Å². The normalized spacial score (nSPS) is 11.0. The second-order valence-corrected chi connectivity index (χ2v) is 6.75. The number of carbonyl (C=O) groups is 1. The average molecular weight is 439 g/mol. The fourth-order valence-electron chi connectivity index (χ4n) is 2.38.